The minimum atomic E-state index is 0. The van der Waals surface area contributed by atoms with Gasteiger partial charge in [0.25, 0.3) is 0 Å². The van der Waals surface area contributed by atoms with Crippen LogP contribution in [0.1, 0.15) is 0 Å². The molecule has 6 heteroatoms. The fraction of sp³-hybridized carbons (Fsp3) is 0.250. The number of nitrogens with two attached hydrogens (primary N) is 2. The van der Waals surface area contributed by atoms with Gasteiger partial charge in [-0.25, -0.2) is 0 Å². The van der Waals surface area contributed by atoms with E-state index in [4.69, 9.17) is 20.9 Å². The van der Waals surface area contributed by atoms with E-state index >= 15 is 0 Å². The summed E-state index contributed by atoms with van der Waals surface area (Å²) in [6.07, 6.45) is 0. The van der Waals surface area contributed by atoms with Crippen LogP contribution in [0.4, 0.5) is 11.4 Å². The quantitative estimate of drug-likeness (QED) is 0.773. The highest BCUT2D eigenvalue weighted by atomic mass is 35.5. The van der Waals surface area contributed by atoms with Crippen LogP contribution in [0.15, 0.2) is 12.1 Å². The zero-order chi connectivity index (χ0) is 9.14. The standard InChI is InChI=1S/C8H12N2O2.2ClH/c1-11-7-4-5(9)3-6(10)8(7)12-2;;/h3-4H,9-10H2,1-2H3;2*1H. The highest BCUT2D eigenvalue weighted by molar-refractivity contribution is 5.85. The molecule has 0 aliphatic carbocycles. The number of nitrogen functional groups attached to an aromatic ring is 2. The van der Waals surface area contributed by atoms with Crippen LogP contribution < -0.4 is 20.9 Å². The van der Waals surface area contributed by atoms with Crippen molar-refractivity contribution in [1.29, 1.82) is 0 Å². The van der Waals surface area contributed by atoms with Gasteiger partial charge in [0, 0.05) is 11.8 Å². The second-order valence-electron chi connectivity index (χ2n) is 2.35. The number of hydrogen-bond acceptors (Lipinski definition) is 4. The molecule has 0 saturated heterocycles. The van der Waals surface area contributed by atoms with Gasteiger partial charge in [-0.05, 0) is 6.07 Å². The lowest BCUT2D eigenvalue weighted by Gasteiger charge is -2.10. The Kier molecular flexibility index (Phi) is 7.13. The summed E-state index contributed by atoms with van der Waals surface area (Å²) in [6.45, 7) is 0. The van der Waals surface area contributed by atoms with Gasteiger partial charge in [0.15, 0.2) is 11.5 Å². The number of benzene rings is 1. The third kappa shape index (κ3) is 3.05. The van der Waals surface area contributed by atoms with E-state index in [0.29, 0.717) is 22.9 Å². The van der Waals surface area contributed by atoms with Gasteiger partial charge in [-0.1, -0.05) is 0 Å². The van der Waals surface area contributed by atoms with Crippen molar-refractivity contribution < 1.29 is 9.47 Å². The average Bonchev–Trinajstić information content (AvgIpc) is 2.03. The third-order valence-electron chi connectivity index (χ3n) is 1.53. The average molecular weight is 241 g/mol. The Morgan fingerprint density at radius 1 is 1.00 bits per heavy atom. The summed E-state index contributed by atoms with van der Waals surface area (Å²) in [7, 11) is 3.07. The summed E-state index contributed by atoms with van der Waals surface area (Å²) in [5.74, 6) is 1.07. The first-order valence-electron chi connectivity index (χ1n) is 3.46. The molecule has 4 nitrogen and oxygen atoms in total. The lowest BCUT2D eigenvalue weighted by atomic mass is 10.2. The largest absolute Gasteiger partial charge is 0.493 e. The van der Waals surface area contributed by atoms with Crippen molar-refractivity contribution in [3.8, 4) is 11.5 Å². The molecule has 1 aromatic carbocycles. The summed E-state index contributed by atoms with van der Waals surface area (Å²) in [6, 6.07) is 3.29. The number of anilines is 2. The van der Waals surface area contributed by atoms with Crippen molar-refractivity contribution in [2.45, 2.75) is 0 Å². The molecule has 0 spiro atoms. The third-order valence-corrected chi connectivity index (χ3v) is 1.53. The molecule has 0 bridgehead atoms. The molecule has 0 fully saturated rings. The van der Waals surface area contributed by atoms with E-state index in [2.05, 4.69) is 0 Å². The van der Waals surface area contributed by atoms with Crippen molar-refractivity contribution in [1.82, 2.24) is 0 Å². The van der Waals surface area contributed by atoms with Crippen molar-refractivity contribution in [3.63, 3.8) is 0 Å². The van der Waals surface area contributed by atoms with Crippen molar-refractivity contribution in [2.24, 2.45) is 0 Å². The minimum Gasteiger partial charge on any atom is -0.493 e. The van der Waals surface area contributed by atoms with Crippen molar-refractivity contribution in [3.05, 3.63) is 12.1 Å². The Hall–Kier alpha value is -1.000. The summed E-state index contributed by atoms with van der Waals surface area (Å²) in [4.78, 5) is 0. The van der Waals surface area contributed by atoms with Crippen molar-refractivity contribution >= 4 is 36.2 Å². The predicted octanol–water partition coefficient (Wildman–Crippen LogP) is 1.71. The SMILES string of the molecule is COc1cc(N)cc(N)c1OC.Cl.Cl. The van der Waals surface area contributed by atoms with Crippen LogP contribution >= 0.6 is 24.8 Å². The van der Waals surface area contributed by atoms with Crippen LogP contribution in [0.2, 0.25) is 0 Å². The molecule has 0 amide bonds. The fourth-order valence-electron chi connectivity index (χ4n) is 1.02. The number of ether oxygens (including phenoxy) is 2. The van der Waals surface area contributed by atoms with Gasteiger partial charge in [0.1, 0.15) is 0 Å². The van der Waals surface area contributed by atoms with E-state index < -0.39 is 0 Å². The molecular formula is C8H14Cl2N2O2. The van der Waals surface area contributed by atoms with E-state index in [9.17, 15) is 0 Å². The summed E-state index contributed by atoms with van der Waals surface area (Å²) >= 11 is 0. The molecule has 0 unspecified atom stereocenters. The van der Waals surface area contributed by atoms with Crippen LogP contribution in [0, 0.1) is 0 Å². The molecular weight excluding hydrogens is 227 g/mol. The molecule has 0 atom stereocenters. The number of methoxy groups -OCH3 is 2. The van der Waals surface area contributed by atoms with E-state index in [1.807, 2.05) is 0 Å². The maximum absolute atomic E-state index is 5.62. The first-order valence-corrected chi connectivity index (χ1v) is 3.46. The van der Waals surface area contributed by atoms with Gasteiger partial charge in [-0.15, -0.1) is 24.8 Å². The first kappa shape index (κ1) is 15.5. The zero-order valence-corrected chi connectivity index (χ0v) is 9.58. The Morgan fingerprint density at radius 2 is 1.57 bits per heavy atom. The molecule has 0 aromatic heterocycles. The Morgan fingerprint density at radius 3 is 2.00 bits per heavy atom. The van der Waals surface area contributed by atoms with Gasteiger partial charge in [0.05, 0.1) is 19.9 Å². The lowest BCUT2D eigenvalue weighted by molar-refractivity contribution is 0.357. The topological polar surface area (TPSA) is 70.5 Å². The zero-order valence-electron chi connectivity index (χ0n) is 7.94. The molecule has 0 saturated carbocycles. The van der Waals surface area contributed by atoms with Gasteiger partial charge < -0.3 is 20.9 Å². The van der Waals surface area contributed by atoms with Gasteiger partial charge in [-0.2, -0.15) is 0 Å². The Labute approximate surface area is 95.4 Å². The maximum atomic E-state index is 5.62. The molecule has 0 heterocycles. The second-order valence-corrected chi connectivity index (χ2v) is 2.35. The minimum absolute atomic E-state index is 0. The number of hydrogen-bond donors (Lipinski definition) is 2. The van der Waals surface area contributed by atoms with E-state index in [1.165, 1.54) is 14.2 Å². The first-order chi connectivity index (χ1) is 5.69. The van der Waals surface area contributed by atoms with Crippen LogP contribution in [0.5, 0.6) is 11.5 Å². The molecule has 82 valence electrons. The van der Waals surface area contributed by atoms with Crippen LogP contribution in [0.3, 0.4) is 0 Å². The molecule has 1 aromatic rings. The van der Waals surface area contributed by atoms with Crippen LogP contribution in [-0.2, 0) is 0 Å². The smallest absolute Gasteiger partial charge is 0.183 e. The predicted molar refractivity (Wildman–Crippen MR) is 62.9 cm³/mol. The molecule has 1 rings (SSSR count). The fourth-order valence-corrected chi connectivity index (χ4v) is 1.02. The molecule has 0 aliphatic heterocycles. The van der Waals surface area contributed by atoms with E-state index in [-0.39, 0.29) is 24.8 Å². The highest BCUT2D eigenvalue weighted by Crippen LogP contribution is 2.35. The molecule has 4 N–H and O–H groups in total. The van der Waals surface area contributed by atoms with E-state index in [0.717, 1.165) is 0 Å². The summed E-state index contributed by atoms with van der Waals surface area (Å²) < 4.78 is 10.0. The van der Waals surface area contributed by atoms with Crippen LogP contribution in [-0.4, -0.2) is 14.2 Å². The van der Waals surface area contributed by atoms with Crippen molar-refractivity contribution in [2.75, 3.05) is 25.7 Å². The van der Waals surface area contributed by atoms with Gasteiger partial charge in [0.2, 0.25) is 0 Å². The number of halogens is 2. The molecule has 0 aliphatic rings. The van der Waals surface area contributed by atoms with Gasteiger partial charge in [-0.3, -0.25) is 0 Å². The van der Waals surface area contributed by atoms with Crippen LogP contribution in [0.25, 0.3) is 0 Å². The monoisotopic (exact) mass is 240 g/mol. The second kappa shape index (κ2) is 6.45. The summed E-state index contributed by atoms with van der Waals surface area (Å²) in [5.41, 5.74) is 12.2. The molecule has 0 radical (unpaired) electrons. The van der Waals surface area contributed by atoms with E-state index in [1.54, 1.807) is 12.1 Å². The Bertz CT molecular complexity index is 295. The maximum Gasteiger partial charge on any atom is 0.183 e. The summed E-state index contributed by atoms with van der Waals surface area (Å²) in [5, 5.41) is 0. The number of rotatable bonds is 2. The lowest BCUT2D eigenvalue weighted by Crippen LogP contribution is -1.98. The highest BCUT2D eigenvalue weighted by Gasteiger charge is 2.07. The normalized spacial score (nSPS) is 8.14. The molecule has 14 heavy (non-hydrogen) atoms. The Balaban J connectivity index is 0. The van der Waals surface area contributed by atoms with Gasteiger partial charge >= 0.3 is 0 Å².